The molecule has 0 radical (unpaired) electrons. The predicted molar refractivity (Wildman–Crippen MR) is 130 cm³/mol. The molecule has 1 amide bonds. The fourth-order valence-corrected chi connectivity index (χ4v) is 5.25. The number of carbonyl (C=O) groups is 2. The van der Waals surface area contributed by atoms with Crippen LogP contribution >= 0.6 is 35.3 Å². The summed E-state index contributed by atoms with van der Waals surface area (Å²) >= 11 is 7.88. The lowest BCUT2D eigenvalue weighted by Gasteiger charge is -2.15. The van der Waals surface area contributed by atoms with E-state index >= 15 is 0 Å². The molecule has 0 aliphatic carbocycles. The quantitative estimate of drug-likeness (QED) is 0.336. The molecule has 0 unspecified atom stereocenters. The molecule has 1 aliphatic rings. The van der Waals surface area contributed by atoms with Gasteiger partial charge in [-0.15, -0.1) is 11.3 Å². The highest BCUT2D eigenvalue weighted by Crippen LogP contribution is 2.34. The van der Waals surface area contributed by atoms with Gasteiger partial charge in [0.05, 0.1) is 10.5 Å². The standard InChI is InChI=1S/C23H16F2N2O3S3/c24-18-6-5-15(10-19(18)25)16-9-17(32-12-16)11-20-21(28)27(23(31)33-20)26-8-7-13-1-3-14(4-2-13)22(29)30/h1-6,9-12,26H,7-8H2,(H,29,30)/b20-11-. The molecule has 1 saturated heterocycles. The second-order valence-electron chi connectivity index (χ2n) is 7.04. The van der Waals surface area contributed by atoms with Gasteiger partial charge in [0.1, 0.15) is 0 Å². The first-order valence-corrected chi connectivity index (χ1v) is 11.8. The molecule has 0 spiro atoms. The summed E-state index contributed by atoms with van der Waals surface area (Å²) in [5, 5.41) is 12.1. The number of thiocarbonyl (C=S) groups is 1. The average Bonchev–Trinajstić information content (AvgIpc) is 3.36. The largest absolute Gasteiger partial charge is 0.478 e. The number of carboxylic acid groups (broad SMARTS) is 1. The predicted octanol–water partition coefficient (Wildman–Crippen LogP) is 5.34. The van der Waals surface area contributed by atoms with Crippen molar-refractivity contribution in [3.05, 3.63) is 86.5 Å². The van der Waals surface area contributed by atoms with Crippen molar-refractivity contribution in [3.63, 3.8) is 0 Å². The molecule has 1 aliphatic heterocycles. The molecule has 5 nitrogen and oxygen atoms in total. The number of aromatic carboxylic acids is 1. The van der Waals surface area contributed by atoms with Crippen LogP contribution in [0, 0.1) is 11.6 Å². The molecule has 2 N–H and O–H groups in total. The van der Waals surface area contributed by atoms with Gasteiger partial charge in [0.2, 0.25) is 0 Å². The topological polar surface area (TPSA) is 69.6 Å². The van der Waals surface area contributed by atoms with Gasteiger partial charge in [-0.05, 0) is 64.9 Å². The van der Waals surface area contributed by atoms with E-state index in [1.54, 1.807) is 24.3 Å². The summed E-state index contributed by atoms with van der Waals surface area (Å²) < 4.78 is 27.1. The number of hydrogen-bond donors (Lipinski definition) is 2. The summed E-state index contributed by atoms with van der Waals surface area (Å²) in [7, 11) is 0. The van der Waals surface area contributed by atoms with Gasteiger partial charge in [-0.25, -0.2) is 24.0 Å². The molecule has 1 aromatic heterocycles. The molecule has 0 bridgehead atoms. The maximum atomic E-state index is 13.5. The van der Waals surface area contributed by atoms with E-state index in [-0.39, 0.29) is 11.5 Å². The Morgan fingerprint density at radius 3 is 2.55 bits per heavy atom. The minimum absolute atomic E-state index is 0.218. The van der Waals surface area contributed by atoms with Crippen LogP contribution in [0.4, 0.5) is 8.78 Å². The number of halogens is 2. The number of carbonyl (C=O) groups excluding carboxylic acids is 1. The highest BCUT2D eigenvalue weighted by molar-refractivity contribution is 8.26. The number of carboxylic acids is 1. The number of hydrazine groups is 1. The zero-order valence-corrected chi connectivity index (χ0v) is 19.3. The second kappa shape index (κ2) is 9.92. The number of nitrogens with one attached hydrogen (secondary N) is 1. The first kappa shape index (κ1) is 23.2. The lowest BCUT2D eigenvalue weighted by Crippen LogP contribution is -2.42. The number of amides is 1. The van der Waals surface area contributed by atoms with Gasteiger partial charge in [-0.1, -0.05) is 42.2 Å². The molecule has 2 heterocycles. The number of thioether (sulfide) groups is 1. The number of rotatable bonds is 7. The Labute approximate surface area is 201 Å². The zero-order chi connectivity index (χ0) is 23.5. The Hall–Kier alpha value is -2.92. The average molecular weight is 503 g/mol. The smallest absolute Gasteiger partial charge is 0.335 e. The fourth-order valence-electron chi connectivity index (χ4n) is 3.11. The van der Waals surface area contributed by atoms with E-state index in [1.165, 1.54) is 46.3 Å². The van der Waals surface area contributed by atoms with E-state index in [0.717, 1.165) is 28.1 Å². The monoisotopic (exact) mass is 502 g/mol. The van der Waals surface area contributed by atoms with Crippen LogP contribution in [0.25, 0.3) is 17.2 Å². The number of benzene rings is 2. The lowest BCUT2D eigenvalue weighted by atomic mass is 10.1. The normalized spacial score (nSPS) is 15.0. The van der Waals surface area contributed by atoms with Gasteiger partial charge in [0, 0.05) is 11.4 Å². The van der Waals surface area contributed by atoms with Gasteiger partial charge in [-0.3, -0.25) is 4.79 Å². The Morgan fingerprint density at radius 2 is 1.85 bits per heavy atom. The van der Waals surface area contributed by atoms with Crippen molar-refractivity contribution in [2.45, 2.75) is 6.42 Å². The minimum Gasteiger partial charge on any atom is -0.478 e. The van der Waals surface area contributed by atoms with Crippen molar-refractivity contribution < 1.29 is 23.5 Å². The van der Waals surface area contributed by atoms with Crippen LogP contribution in [0.15, 0.2) is 58.8 Å². The Balaban J connectivity index is 1.39. The highest BCUT2D eigenvalue weighted by atomic mass is 32.2. The van der Waals surface area contributed by atoms with Gasteiger partial charge in [0.15, 0.2) is 16.0 Å². The van der Waals surface area contributed by atoms with E-state index in [9.17, 15) is 18.4 Å². The van der Waals surface area contributed by atoms with Crippen LogP contribution in [-0.2, 0) is 11.2 Å². The van der Waals surface area contributed by atoms with E-state index in [2.05, 4.69) is 5.43 Å². The number of thiophene rings is 1. The highest BCUT2D eigenvalue weighted by Gasteiger charge is 2.32. The molecule has 0 saturated carbocycles. The maximum absolute atomic E-state index is 13.5. The van der Waals surface area contributed by atoms with Crippen molar-refractivity contribution in [2.75, 3.05) is 6.54 Å². The van der Waals surface area contributed by atoms with Gasteiger partial charge in [-0.2, -0.15) is 0 Å². The van der Waals surface area contributed by atoms with Crippen molar-refractivity contribution in [2.24, 2.45) is 0 Å². The van der Waals surface area contributed by atoms with Crippen LogP contribution in [0.1, 0.15) is 20.8 Å². The molecule has 33 heavy (non-hydrogen) atoms. The molecule has 168 valence electrons. The summed E-state index contributed by atoms with van der Waals surface area (Å²) in [5.41, 5.74) is 5.44. The van der Waals surface area contributed by atoms with E-state index in [1.807, 2.05) is 5.38 Å². The van der Waals surface area contributed by atoms with Gasteiger partial charge >= 0.3 is 5.97 Å². The fraction of sp³-hybridized carbons (Fsp3) is 0.0870. The van der Waals surface area contributed by atoms with Crippen LogP contribution in [-0.4, -0.2) is 32.9 Å². The third-order valence-electron chi connectivity index (χ3n) is 4.82. The molecular formula is C23H16F2N2O3S3. The van der Waals surface area contributed by atoms with Crippen LogP contribution in [0.5, 0.6) is 0 Å². The summed E-state index contributed by atoms with van der Waals surface area (Å²) in [6.07, 6.45) is 2.30. The van der Waals surface area contributed by atoms with E-state index < -0.39 is 17.6 Å². The zero-order valence-electron chi connectivity index (χ0n) is 16.9. The molecular weight excluding hydrogens is 486 g/mol. The molecule has 4 rings (SSSR count). The first-order valence-electron chi connectivity index (χ1n) is 9.69. The molecule has 3 aromatic rings. The molecule has 2 aromatic carbocycles. The third-order valence-corrected chi connectivity index (χ3v) is 7.01. The van der Waals surface area contributed by atoms with Crippen molar-refractivity contribution in [1.82, 2.24) is 10.4 Å². The Bertz CT molecular complexity index is 1270. The van der Waals surface area contributed by atoms with Gasteiger partial charge in [0.25, 0.3) is 5.91 Å². The van der Waals surface area contributed by atoms with Crippen LogP contribution in [0.2, 0.25) is 0 Å². The molecule has 0 atom stereocenters. The first-order chi connectivity index (χ1) is 15.8. The SMILES string of the molecule is O=C(O)c1ccc(CCNN2C(=O)/C(=C/c3cc(-c4ccc(F)c(F)c4)cs3)SC2=S)cc1. The molecule has 1 fully saturated rings. The third kappa shape index (κ3) is 5.36. The summed E-state index contributed by atoms with van der Waals surface area (Å²) in [6, 6.07) is 12.1. The number of nitrogens with zero attached hydrogens (tertiary/aromatic N) is 1. The van der Waals surface area contributed by atoms with Crippen LogP contribution < -0.4 is 5.43 Å². The Kier molecular flexibility index (Phi) is 6.99. The molecule has 10 heteroatoms. The second-order valence-corrected chi connectivity index (χ2v) is 9.66. The summed E-state index contributed by atoms with van der Waals surface area (Å²) in [6.45, 7) is 0.436. The Morgan fingerprint density at radius 1 is 1.09 bits per heavy atom. The van der Waals surface area contributed by atoms with Crippen molar-refractivity contribution in [1.29, 1.82) is 0 Å². The minimum atomic E-state index is -0.980. The van der Waals surface area contributed by atoms with Crippen molar-refractivity contribution in [3.8, 4) is 11.1 Å². The van der Waals surface area contributed by atoms with Crippen LogP contribution in [0.3, 0.4) is 0 Å². The lowest BCUT2D eigenvalue weighted by molar-refractivity contribution is -0.124. The van der Waals surface area contributed by atoms with E-state index in [0.29, 0.717) is 27.8 Å². The number of hydrogen-bond acceptors (Lipinski definition) is 6. The van der Waals surface area contributed by atoms with E-state index in [4.69, 9.17) is 17.3 Å². The van der Waals surface area contributed by atoms with Crippen molar-refractivity contribution >= 4 is 57.6 Å². The maximum Gasteiger partial charge on any atom is 0.335 e. The van der Waals surface area contributed by atoms with Gasteiger partial charge < -0.3 is 5.11 Å². The summed E-state index contributed by atoms with van der Waals surface area (Å²) in [4.78, 5) is 24.9. The summed E-state index contributed by atoms with van der Waals surface area (Å²) in [5.74, 6) is -3.06.